The zero-order valence-electron chi connectivity index (χ0n) is 11.9. The summed E-state index contributed by atoms with van der Waals surface area (Å²) in [6.07, 6.45) is 0. The molecule has 2 aromatic carbocycles. The molecule has 4 heteroatoms. The minimum Gasteiger partial charge on any atom is -0.508 e. The van der Waals surface area contributed by atoms with E-state index in [0.29, 0.717) is 16.7 Å². The topological polar surface area (TPSA) is 63.6 Å². The first-order valence-corrected chi connectivity index (χ1v) is 6.54. The summed E-state index contributed by atoms with van der Waals surface area (Å²) >= 11 is 0. The zero-order chi connectivity index (χ0) is 15.4. The molecular formula is C17H16O4. The summed E-state index contributed by atoms with van der Waals surface area (Å²) in [7, 11) is 0. The lowest BCUT2D eigenvalue weighted by Gasteiger charge is -2.08. The Kier molecular flexibility index (Phi) is 4.38. The number of phenolic OH excluding ortho intramolecular Hbond substituents is 1. The highest BCUT2D eigenvalue weighted by molar-refractivity contribution is 5.94. The fourth-order valence-corrected chi connectivity index (χ4v) is 1.84. The Morgan fingerprint density at radius 2 is 1.67 bits per heavy atom. The fourth-order valence-electron chi connectivity index (χ4n) is 1.84. The molecule has 0 unspecified atom stereocenters. The second-order valence-electron chi connectivity index (χ2n) is 4.84. The van der Waals surface area contributed by atoms with Crippen molar-refractivity contribution in [3.8, 4) is 5.75 Å². The van der Waals surface area contributed by atoms with Gasteiger partial charge in [0.2, 0.25) is 0 Å². The van der Waals surface area contributed by atoms with Gasteiger partial charge in [0.05, 0.1) is 5.56 Å². The monoisotopic (exact) mass is 284 g/mol. The number of aromatic hydroxyl groups is 1. The third-order valence-corrected chi connectivity index (χ3v) is 3.13. The first-order valence-electron chi connectivity index (χ1n) is 6.54. The first-order chi connectivity index (χ1) is 9.97. The van der Waals surface area contributed by atoms with Crippen molar-refractivity contribution in [2.24, 2.45) is 0 Å². The minimum atomic E-state index is -0.470. The highest BCUT2D eigenvalue weighted by Crippen LogP contribution is 2.20. The van der Waals surface area contributed by atoms with Crippen LogP contribution < -0.4 is 0 Å². The predicted molar refractivity (Wildman–Crippen MR) is 78.4 cm³/mol. The lowest BCUT2D eigenvalue weighted by atomic mass is 10.1. The summed E-state index contributed by atoms with van der Waals surface area (Å²) in [6.45, 7) is 3.29. The lowest BCUT2D eigenvalue weighted by molar-refractivity contribution is 0.0470. The van der Waals surface area contributed by atoms with Gasteiger partial charge in [-0.05, 0) is 44.2 Å². The number of hydrogen-bond acceptors (Lipinski definition) is 4. The molecule has 2 aromatic rings. The van der Waals surface area contributed by atoms with E-state index in [1.54, 1.807) is 12.1 Å². The third kappa shape index (κ3) is 3.69. The van der Waals surface area contributed by atoms with Crippen molar-refractivity contribution in [1.29, 1.82) is 0 Å². The standard InChI is InChI=1S/C17H16O4/c1-11-3-5-13(6-4-11)17(20)21-10-15-9-14(12(2)18)7-8-16(15)19/h3-9,19H,10H2,1-2H3. The van der Waals surface area contributed by atoms with E-state index in [1.165, 1.54) is 25.1 Å². The van der Waals surface area contributed by atoms with Gasteiger partial charge in [-0.1, -0.05) is 17.7 Å². The summed E-state index contributed by atoms with van der Waals surface area (Å²) < 4.78 is 5.16. The van der Waals surface area contributed by atoms with Crippen LogP contribution in [0.15, 0.2) is 42.5 Å². The van der Waals surface area contributed by atoms with Gasteiger partial charge in [0, 0.05) is 11.1 Å². The van der Waals surface area contributed by atoms with Crippen LogP contribution in [0, 0.1) is 6.92 Å². The molecule has 0 saturated heterocycles. The molecule has 0 spiro atoms. The van der Waals surface area contributed by atoms with E-state index >= 15 is 0 Å². The molecule has 0 heterocycles. The van der Waals surface area contributed by atoms with Crippen molar-refractivity contribution in [2.75, 3.05) is 0 Å². The minimum absolute atomic E-state index is 0.00305. The zero-order valence-corrected chi connectivity index (χ0v) is 11.9. The predicted octanol–water partition coefficient (Wildman–Crippen LogP) is 3.26. The van der Waals surface area contributed by atoms with Crippen LogP contribution in [0.4, 0.5) is 0 Å². The molecule has 0 fully saturated rings. The molecule has 4 nitrogen and oxygen atoms in total. The second-order valence-corrected chi connectivity index (χ2v) is 4.84. The van der Waals surface area contributed by atoms with Gasteiger partial charge in [0.15, 0.2) is 5.78 Å². The number of hydrogen-bond donors (Lipinski definition) is 1. The number of phenols is 1. The first kappa shape index (κ1) is 14.8. The van der Waals surface area contributed by atoms with Gasteiger partial charge in [-0.3, -0.25) is 4.79 Å². The van der Waals surface area contributed by atoms with E-state index in [-0.39, 0.29) is 18.1 Å². The molecule has 0 aromatic heterocycles. The number of ether oxygens (including phenoxy) is 1. The quantitative estimate of drug-likeness (QED) is 0.691. The highest BCUT2D eigenvalue weighted by atomic mass is 16.5. The Morgan fingerprint density at radius 1 is 1.05 bits per heavy atom. The molecule has 0 atom stereocenters. The van der Waals surface area contributed by atoms with Crippen LogP contribution in [0.5, 0.6) is 5.75 Å². The average molecular weight is 284 g/mol. The molecule has 0 radical (unpaired) electrons. The molecule has 0 saturated carbocycles. The van der Waals surface area contributed by atoms with Gasteiger partial charge in [-0.2, -0.15) is 0 Å². The summed E-state index contributed by atoms with van der Waals surface area (Å²) in [6, 6.07) is 11.5. The molecule has 0 aliphatic rings. The number of ketones is 1. The van der Waals surface area contributed by atoms with E-state index in [1.807, 2.05) is 19.1 Å². The molecule has 0 aliphatic carbocycles. The fraction of sp³-hybridized carbons (Fsp3) is 0.176. The Labute approximate surface area is 123 Å². The van der Waals surface area contributed by atoms with Crippen LogP contribution in [0.1, 0.15) is 38.8 Å². The average Bonchev–Trinajstić information content (AvgIpc) is 2.46. The van der Waals surface area contributed by atoms with Gasteiger partial charge in [-0.25, -0.2) is 4.79 Å². The van der Waals surface area contributed by atoms with Crippen molar-refractivity contribution >= 4 is 11.8 Å². The van der Waals surface area contributed by atoms with Gasteiger partial charge < -0.3 is 9.84 Å². The van der Waals surface area contributed by atoms with Crippen molar-refractivity contribution < 1.29 is 19.4 Å². The maximum atomic E-state index is 11.9. The number of esters is 1. The lowest BCUT2D eigenvalue weighted by Crippen LogP contribution is -2.06. The number of benzene rings is 2. The Balaban J connectivity index is 2.09. The third-order valence-electron chi connectivity index (χ3n) is 3.13. The molecule has 21 heavy (non-hydrogen) atoms. The van der Waals surface area contributed by atoms with Crippen LogP contribution in [0.25, 0.3) is 0 Å². The number of rotatable bonds is 4. The Bertz CT molecular complexity index is 672. The normalized spacial score (nSPS) is 10.2. The molecule has 1 N–H and O–H groups in total. The SMILES string of the molecule is CC(=O)c1ccc(O)c(COC(=O)c2ccc(C)cc2)c1. The number of Topliss-reactive ketones (excluding diaryl/α,β-unsaturated/α-hetero) is 1. The molecular weight excluding hydrogens is 268 g/mol. The van der Waals surface area contributed by atoms with Crippen LogP contribution in [0.2, 0.25) is 0 Å². The smallest absolute Gasteiger partial charge is 0.338 e. The largest absolute Gasteiger partial charge is 0.508 e. The van der Waals surface area contributed by atoms with Crippen LogP contribution in [0.3, 0.4) is 0 Å². The van der Waals surface area contributed by atoms with Crippen LogP contribution in [-0.4, -0.2) is 16.9 Å². The van der Waals surface area contributed by atoms with Gasteiger partial charge >= 0.3 is 5.97 Å². The van der Waals surface area contributed by atoms with E-state index in [0.717, 1.165) is 5.56 Å². The van der Waals surface area contributed by atoms with Crippen molar-refractivity contribution in [2.45, 2.75) is 20.5 Å². The van der Waals surface area contributed by atoms with Crippen molar-refractivity contribution in [3.63, 3.8) is 0 Å². The maximum Gasteiger partial charge on any atom is 0.338 e. The summed E-state index contributed by atoms with van der Waals surface area (Å²) in [5, 5.41) is 9.73. The van der Waals surface area contributed by atoms with E-state index < -0.39 is 5.97 Å². The number of carbonyl (C=O) groups excluding carboxylic acids is 2. The molecule has 0 bridgehead atoms. The van der Waals surface area contributed by atoms with Crippen LogP contribution >= 0.6 is 0 Å². The second kappa shape index (κ2) is 6.22. The van der Waals surface area contributed by atoms with E-state index in [4.69, 9.17) is 4.74 Å². The molecule has 108 valence electrons. The van der Waals surface area contributed by atoms with Gasteiger partial charge in [0.1, 0.15) is 12.4 Å². The van der Waals surface area contributed by atoms with Gasteiger partial charge in [-0.15, -0.1) is 0 Å². The highest BCUT2D eigenvalue weighted by Gasteiger charge is 2.10. The maximum absolute atomic E-state index is 11.9. The summed E-state index contributed by atoms with van der Waals surface area (Å²) in [4.78, 5) is 23.2. The molecule has 0 aliphatic heterocycles. The van der Waals surface area contributed by atoms with Gasteiger partial charge in [0.25, 0.3) is 0 Å². The van der Waals surface area contributed by atoms with Crippen molar-refractivity contribution in [1.82, 2.24) is 0 Å². The number of carbonyl (C=O) groups is 2. The Morgan fingerprint density at radius 3 is 2.29 bits per heavy atom. The molecule has 2 rings (SSSR count). The Hall–Kier alpha value is -2.62. The van der Waals surface area contributed by atoms with E-state index in [2.05, 4.69) is 0 Å². The number of aryl methyl sites for hydroxylation is 1. The summed E-state index contributed by atoms with van der Waals surface area (Å²) in [5.74, 6) is -0.583. The van der Waals surface area contributed by atoms with E-state index in [9.17, 15) is 14.7 Å². The molecule has 0 amide bonds. The summed E-state index contributed by atoms with van der Waals surface area (Å²) in [5.41, 5.74) is 2.37. The van der Waals surface area contributed by atoms with Crippen molar-refractivity contribution in [3.05, 3.63) is 64.7 Å². The van der Waals surface area contributed by atoms with Crippen LogP contribution in [-0.2, 0) is 11.3 Å².